The lowest BCUT2D eigenvalue weighted by atomic mass is 10.1. The molecule has 1 heterocycles. The summed E-state index contributed by atoms with van der Waals surface area (Å²) in [5, 5.41) is 11.8. The summed E-state index contributed by atoms with van der Waals surface area (Å²) in [4.78, 5) is 2.04. The van der Waals surface area contributed by atoms with Gasteiger partial charge in [-0.25, -0.2) is 0 Å². The van der Waals surface area contributed by atoms with Crippen molar-refractivity contribution in [1.29, 1.82) is 0 Å². The molecule has 0 aliphatic carbocycles. The molecule has 1 aromatic carbocycles. The van der Waals surface area contributed by atoms with Crippen LogP contribution in [0.15, 0.2) is 36.4 Å². The number of rotatable bonds is 8. The molecule has 126 valence electrons. The Morgan fingerprint density at radius 1 is 1.04 bits per heavy atom. The fourth-order valence-electron chi connectivity index (χ4n) is 1.97. The molecular weight excluding hydrogens is 327 g/mol. The van der Waals surface area contributed by atoms with Gasteiger partial charge in [-0.3, -0.25) is 0 Å². The van der Waals surface area contributed by atoms with Crippen molar-refractivity contribution in [3.63, 3.8) is 0 Å². The molecule has 7 heteroatoms. The van der Waals surface area contributed by atoms with Crippen LogP contribution < -0.4 is 5.32 Å². The van der Waals surface area contributed by atoms with Gasteiger partial charge in [0.05, 0.1) is 25.4 Å². The second-order valence-corrected chi connectivity index (χ2v) is 6.02. The Morgan fingerprint density at radius 2 is 1.78 bits per heavy atom. The van der Waals surface area contributed by atoms with Crippen LogP contribution in [0, 0.1) is 0 Å². The number of hydrogen-bond acceptors (Lipinski definition) is 4. The van der Waals surface area contributed by atoms with E-state index in [1.165, 1.54) is 12.1 Å². The minimum atomic E-state index is -4.30. The minimum Gasteiger partial charge on any atom is -0.394 e. The van der Waals surface area contributed by atoms with E-state index in [1.54, 1.807) is 11.3 Å². The number of benzene rings is 1. The molecule has 0 saturated carbocycles. The average Bonchev–Trinajstić information content (AvgIpc) is 2.99. The first-order valence-electron chi connectivity index (χ1n) is 7.16. The number of aliphatic hydroxyl groups is 1. The standard InChI is InChI=1S/C16H18F3NO2S/c17-16(18,19)13-3-1-12(2-4-13)15-6-5-14(23-15)11-20-7-9-22-10-8-21/h1-6,20-21H,7-11H2. The second kappa shape index (κ2) is 8.44. The summed E-state index contributed by atoms with van der Waals surface area (Å²) in [6, 6.07) is 9.06. The molecule has 2 N–H and O–H groups in total. The molecule has 0 atom stereocenters. The third-order valence-electron chi connectivity index (χ3n) is 3.12. The molecule has 0 unspecified atom stereocenters. The lowest BCUT2D eigenvalue weighted by molar-refractivity contribution is -0.137. The third-order valence-corrected chi connectivity index (χ3v) is 4.25. The van der Waals surface area contributed by atoms with E-state index >= 15 is 0 Å². The molecule has 0 aliphatic heterocycles. The van der Waals surface area contributed by atoms with Crippen molar-refractivity contribution in [3.8, 4) is 10.4 Å². The van der Waals surface area contributed by atoms with Gasteiger partial charge in [-0.15, -0.1) is 11.3 Å². The Labute approximate surface area is 136 Å². The quantitative estimate of drug-likeness (QED) is 0.719. The molecule has 1 aromatic heterocycles. The van der Waals surface area contributed by atoms with Gasteiger partial charge in [0.2, 0.25) is 0 Å². The van der Waals surface area contributed by atoms with Gasteiger partial charge in [0.15, 0.2) is 0 Å². The normalized spacial score (nSPS) is 11.8. The van der Waals surface area contributed by atoms with Crippen LogP contribution in [0.3, 0.4) is 0 Å². The fourth-order valence-corrected chi connectivity index (χ4v) is 2.96. The summed E-state index contributed by atoms with van der Waals surface area (Å²) >= 11 is 1.54. The van der Waals surface area contributed by atoms with E-state index in [0.29, 0.717) is 26.3 Å². The maximum Gasteiger partial charge on any atom is 0.416 e. The smallest absolute Gasteiger partial charge is 0.394 e. The zero-order valence-electron chi connectivity index (χ0n) is 12.4. The van der Waals surface area contributed by atoms with Gasteiger partial charge in [-0.05, 0) is 29.8 Å². The topological polar surface area (TPSA) is 41.5 Å². The Bertz CT molecular complexity index is 596. The lowest BCUT2D eigenvalue weighted by Crippen LogP contribution is -2.19. The highest BCUT2D eigenvalue weighted by Crippen LogP contribution is 2.33. The monoisotopic (exact) mass is 345 g/mol. The third kappa shape index (κ3) is 5.62. The largest absolute Gasteiger partial charge is 0.416 e. The number of aliphatic hydroxyl groups excluding tert-OH is 1. The maximum atomic E-state index is 12.5. The van der Waals surface area contributed by atoms with E-state index in [9.17, 15) is 13.2 Å². The van der Waals surface area contributed by atoms with Gasteiger partial charge in [-0.2, -0.15) is 13.2 Å². The van der Waals surface area contributed by atoms with Crippen LogP contribution in [0.25, 0.3) is 10.4 Å². The summed E-state index contributed by atoms with van der Waals surface area (Å²) in [5.74, 6) is 0. The van der Waals surface area contributed by atoms with Gasteiger partial charge >= 0.3 is 6.18 Å². The van der Waals surface area contributed by atoms with E-state index in [2.05, 4.69) is 5.32 Å². The number of nitrogens with one attached hydrogen (secondary N) is 1. The van der Waals surface area contributed by atoms with Crippen LogP contribution in [-0.4, -0.2) is 31.5 Å². The molecule has 2 rings (SSSR count). The zero-order valence-corrected chi connectivity index (χ0v) is 13.2. The first-order valence-corrected chi connectivity index (χ1v) is 7.98. The molecule has 2 aromatic rings. The number of thiophene rings is 1. The van der Waals surface area contributed by atoms with Gasteiger partial charge in [0.1, 0.15) is 0 Å². The molecule has 0 bridgehead atoms. The average molecular weight is 345 g/mol. The summed E-state index contributed by atoms with van der Waals surface area (Å²) in [7, 11) is 0. The van der Waals surface area contributed by atoms with Crippen LogP contribution in [-0.2, 0) is 17.5 Å². The van der Waals surface area contributed by atoms with Crippen LogP contribution in [0.1, 0.15) is 10.4 Å². The van der Waals surface area contributed by atoms with Crippen LogP contribution in [0.5, 0.6) is 0 Å². The molecule has 0 saturated heterocycles. The van der Waals surface area contributed by atoms with E-state index in [1.807, 2.05) is 12.1 Å². The summed E-state index contributed by atoms with van der Waals surface area (Å²) in [6.45, 7) is 2.22. The van der Waals surface area contributed by atoms with Crippen molar-refractivity contribution in [2.24, 2.45) is 0 Å². The highest BCUT2D eigenvalue weighted by atomic mass is 32.1. The number of hydrogen-bond donors (Lipinski definition) is 2. The minimum absolute atomic E-state index is 0.0153. The molecule has 0 spiro atoms. The van der Waals surface area contributed by atoms with Crippen molar-refractivity contribution >= 4 is 11.3 Å². The van der Waals surface area contributed by atoms with Crippen molar-refractivity contribution in [1.82, 2.24) is 5.32 Å². The maximum absolute atomic E-state index is 12.5. The van der Waals surface area contributed by atoms with Crippen LogP contribution >= 0.6 is 11.3 Å². The van der Waals surface area contributed by atoms with Crippen molar-refractivity contribution < 1.29 is 23.0 Å². The number of ether oxygens (including phenoxy) is 1. The molecular formula is C16H18F3NO2S. The Kier molecular flexibility index (Phi) is 6.59. The Morgan fingerprint density at radius 3 is 2.43 bits per heavy atom. The van der Waals surface area contributed by atoms with Gasteiger partial charge in [0.25, 0.3) is 0 Å². The predicted octanol–water partition coefficient (Wildman–Crippen LogP) is 3.53. The van der Waals surface area contributed by atoms with Crippen molar-refractivity contribution in [2.75, 3.05) is 26.4 Å². The van der Waals surface area contributed by atoms with E-state index in [4.69, 9.17) is 9.84 Å². The molecule has 0 fully saturated rings. The predicted molar refractivity (Wildman–Crippen MR) is 84.4 cm³/mol. The van der Waals surface area contributed by atoms with Gasteiger partial charge < -0.3 is 15.2 Å². The van der Waals surface area contributed by atoms with E-state index in [0.717, 1.165) is 27.5 Å². The first kappa shape index (κ1) is 17.9. The SMILES string of the molecule is OCCOCCNCc1ccc(-c2ccc(C(F)(F)F)cc2)s1. The number of alkyl halides is 3. The van der Waals surface area contributed by atoms with Gasteiger partial charge in [-0.1, -0.05) is 12.1 Å². The van der Waals surface area contributed by atoms with E-state index in [-0.39, 0.29) is 6.61 Å². The lowest BCUT2D eigenvalue weighted by Gasteiger charge is -2.06. The Hall–Kier alpha value is -1.41. The highest BCUT2D eigenvalue weighted by Gasteiger charge is 2.29. The molecule has 3 nitrogen and oxygen atoms in total. The van der Waals surface area contributed by atoms with Crippen LogP contribution in [0.4, 0.5) is 13.2 Å². The first-order chi connectivity index (χ1) is 11.0. The molecule has 0 aliphatic rings. The fraction of sp³-hybridized carbons (Fsp3) is 0.375. The van der Waals surface area contributed by atoms with Crippen molar-refractivity contribution in [2.45, 2.75) is 12.7 Å². The summed E-state index contributed by atoms with van der Waals surface area (Å²) < 4.78 is 42.8. The Balaban J connectivity index is 1.86. The van der Waals surface area contributed by atoms with Crippen LogP contribution in [0.2, 0.25) is 0 Å². The van der Waals surface area contributed by atoms with Crippen molar-refractivity contribution in [3.05, 3.63) is 46.8 Å². The zero-order chi connectivity index (χ0) is 16.7. The summed E-state index contributed by atoms with van der Waals surface area (Å²) in [6.07, 6.45) is -4.30. The second-order valence-electron chi connectivity index (χ2n) is 4.85. The summed E-state index contributed by atoms with van der Waals surface area (Å²) in [5.41, 5.74) is 0.142. The highest BCUT2D eigenvalue weighted by molar-refractivity contribution is 7.15. The van der Waals surface area contributed by atoms with Gasteiger partial charge in [0, 0.05) is 22.8 Å². The molecule has 23 heavy (non-hydrogen) atoms. The van der Waals surface area contributed by atoms with E-state index < -0.39 is 11.7 Å². The molecule has 0 amide bonds. The number of halogens is 3. The molecule has 0 radical (unpaired) electrons.